The molecule has 0 aromatic rings. The summed E-state index contributed by atoms with van der Waals surface area (Å²) in [6.45, 7) is 14.8. The second kappa shape index (κ2) is 19.9. The number of imide groups is 1. The molecular formula is C58H80N6O20. The van der Waals surface area contributed by atoms with E-state index in [1.54, 1.807) is 62.3 Å². The molecule has 5 saturated heterocycles. The zero-order chi connectivity index (χ0) is 61.1. The fourth-order valence-corrected chi connectivity index (χ4v) is 20.0. The van der Waals surface area contributed by atoms with Crippen molar-refractivity contribution in [1.82, 2.24) is 31.5 Å². The highest BCUT2D eigenvalue weighted by Gasteiger charge is 2.98. The highest BCUT2D eigenvalue weighted by atomic mass is 16.6. The van der Waals surface area contributed by atoms with Gasteiger partial charge in [0.15, 0.2) is 22.4 Å². The maximum absolute atomic E-state index is 15.4. The van der Waals surface area contributed by atoms with Crippen molar-refractivity contribution in [3.8, 4) is 0 Å². The number of amides is 7. The Hall–Kier alpha value is -6.31. The number of esters is 4. The van der Waals surface area contributed by atoms with Crippen molar-refractivity contribution in [3.63, 3.8) is 0 Å². The van der Waals surface area contributed by atoms with Crippen LogP contribution in [0.1, 0.15) is 81.6 Å². The summed E-state index contributed by atoms with van der Waals surface area (Å²) >= 11 is 0. The van der Waals surface area contributed by atoms with Crippen molar-refractivity contribution in [2.45, 2.75) is 121 Å². The summed E-state index contributed by atoms with van der Waals surface area (Å²) in [5.74, 6) is -21.2. The minimum atomic E-state index is -2.00. The van der Waals surface area contributed by atoms with Gasteiger partial charge in [0.1, 0.15) is 16.8 Å². The summed E-state index contributed by atoms with van der Waals surface area (Å²) in [6.07, 6.45) is -1.43. The summed E-state index contributed by atoms with van der Waals surface area (Å²) in [4.78, 5) is 160. The van der Waals surface area contributed by atoms with Gasteiger partial charge in [-0.2, -0.15) is 0 Å². The molecule has 7 amide bonds. The SMILES string of the molecule is COC(=O)[C@]12O[C@](C(=O)OC)([C@@H]3[C@@H]4C[C@@H]([C@H](C(=O)NCCNC(=O)OC(C)(C)C)[C@@H]4C(=O)NCCNC(=O)OC(C)(C)C)[C@@H]31)[C@H]1[C@H]3C[C@@H]([C@H]12)[C@H]1[C@@H]3[C@@]2(C(=O)OC)O[C@]1(C(=O)OC)[C@@H]1[C@@H]3C[C@@H]([C@@H]4C(=O)N(CCNC(=O)OC(C)(C)C)C(=O)[C@H]34)[C@@H]12. The zero-order valence-corrected chi connectivity index (χ0v) is 49.9. The molecule has 5 N–H and O–H groups in total. The van der Waals surface area contributed by atoms with E-state index < -0.39 is 212 Å². The molecule has 26 heteroatoms. The molecule has 0 radical (unpaired) electrons. The predicted octanol–water partition coefficient (Wildman–Crippen LogP) is 1.24. The molecule has 6 aliphatic carbocycles. The monoisotopic (exact) mass is 1180 g/mol. The lowest BCUT2D eigenvalue weighted by Gasteiger charge is -2.57. The summed E-state index contributed by atoms with van der Waals surface area (Å²) in [7, 11) is 4.82. The number of nitrogens with zero attached hydrogens (tertiary/aromatic N) is 1. The van der Waals surface area contributed by atoms with Gasteiger partial charge in [-0.1, -0.05) is 0 Å². The number of carbonyl (C=O) groups is 11. The van der Waals surface area contributed by atoms with E-state index >= 15 is 19.2 Å². The molecule has 5 heterocycles. The third-order valence-corrected chi connectivity index (χ3v) is 21.0. The van der Waals surface area contributed by atoms with Gasteiger partial charge in [-0.15, -0.1) is 0 Å². The van der Waals surface area contributed by atoms with Gasteiger partial charge in [0, 0.05) is 86.6 Å². The van der Waals surface area contributed by atoms with Crippen LogP contribution in [0.4, 0.5) is 14.4 Å². The number of likely N-dealkylation sites (tertiary alicyclic amines) is 1. The predicted molar refractivity (Wildman–Crippen MR) is 283 cm³/mol. The van der Waals surface area contributed by atoms with Crippen LogP contribution < -0.4 is 26.6 Å². The molecule has 6 saturated carbocycles. The van der Waals surface area contributed by atoms with Gasteiger partial charge in [0.2, 0.25) is 23.6 Å². The molecule has 0 spiro atoms. The molecule has 11 aliphatic rings. The molecule has 0 unspecified atom stereocenters. The molecule has 0 aromatic heterocycles. The Kier molecular flexibility index (Phi) is 14.1. The maximum Gasteiger partial charge on any atom is 0.407 e. The Morgan fingerprint density at radius 1 is 0.417 bits per heavy atom. The van der Waals surface area contributed by atoms with E-state index in [-0.39, 0.29) is 52.1 Å². The van der Waals surface area contributed by atoms with Gasteiger partial charge in [0.05, 0.1) is 52.1 Å². The number of methoxy groups -OCH3 is 4. The quantitative estimate of drug-likeness (QED) is 0.0666. The Morgan fingerprint density at radius 2 is 0.679 bits per heavy atom. The first kappa shape index (κ1) is 59.4. The Labute approximate surface area is 486 Å². The molecule has 84 heavy (non-hydrogen) atoms. The van der Waals surface area contributed by atoms with Crippen molar-refractivity contribution in [2.24, 2.45) is 107 Å². The largest absolute Gasteiger partial charge is 0.467 e. The number of rotatable bonds is 15. The van der Waals surface area contributed by atoms with E-state index in [0.29, 0.717) is 6.42 Å². The van der Waals surface area contributed by atoms with Crippen LogP contribution in [0.3, 0.4) is 0 Å². The van der Waals surface area contributed by atoms with Crippen LogP contribution in [-0.2, 0) is 81.0 Å². The second-order valence-corrected chi connectivity index (χ2v) is 28.0. The molecule has 5 aliphatic heterocycles. The number of hydrogen-bond acceptors (Lipinski definition) is 20. The van der Waals surface area contributed by atoms with E-state index in [0.717, 1.165) is 4.90 Å². The van der Waals surface area contributed by atoms with Crippen LogP contribution in [-0.4, -0.2) is 178 Å². The first-order chi connectivity index (χ1) is 39.4. The number of nitrogens with one attached hydrogen (secondary N) is 5. The van der Waals surface area contributed by atoms with Crippen molar-refractivity contribution in [2.75, 3.05) is 67.7 Å². The van der Waals surface area contributed by atoms with E-state index in [9.17, 15) is 33.6 Å². The summed E-state index contributed by atoms with van der Waals surface area (Å²) in [5, 5.41) is 13.6. The minimum Gasteiger partial charge on any atom is -0.467 e. The minimum absolute atomic E-state index is 0.0469. The van der Waals surface area contributed by atoms with Crippen molar-refractivity contribution in [1.29, 1.82) is 0 Å². The molecule has 462 valence electrons. The smallest absolute Gasteiger partial charge is 0.407 e. The van der Waals surface area contributed by atoms with Crippen LogP contribution in [0.25, 0.3) is 0 Å². The van der Waals surface area contributed by atoms with Gasteiger partial charge in [0.25, 0.3) is 0 Å². The molecule has 11 fully saturated rings. The van der Waals surface area contributed by atoms with Gasteiger partial charge >= 0.3 is 42.2 Å². The molecule has 26 nitrogen and oxygen atoms in total. The Morgan fingerprint density at radius 3 is 0.988 bits per heavy atom. The van der Waals surface area contributed by atoms with Gasteiger partial charge < -0.3 is 69.2 Å². The van der Waals surface area contributed by atoms with Crippen LogP contribution in [0.5, 0.6) is 0 Å². The number of hydrogen-bond donors (Lipinski definition) is 5. The zero-order valence-electron chi connectivity index (χ0n) is 49.9. The first-order valence-electron chi connectivity index (χ1n) is 29.4. The van der Waals surface area contributed by atoms with Crippen LogP contribution in [0.2, 0.25) is 0 Å². The van der Waals surface area contributed by atoms with Crippen LogP contribution in [0.15, 0.2) is 0 Å². The van der Waals surface area contributed by atoms with Gasteiger partial charge in [-0.25, -0.2) is 33.6 Å². The lowest BCUT2D eigenvalue weighted by Crippen LogP contribution is -2.69. The average Bonchev–Trinajstić information content (AvgIpc) is 1.44. The number of alkyl carbamates (subject to hydrolysis) is 3. The average molecular weight is 1180 g/mol. The Balaban J connectivity index is 0.965. The lowest BCUT2D eigenvalue weighted by molar-refractivity contribution is -0.193. The van der Waals surface area contributed by atoms with Gasteiger partial charge in [-0.05, 0) is 117 Å². The molecule has 22 atom stereocenters. The van der Waals surface area contributed by atoms with Crippen molar-refractivity contribution < 1.29 is 95.4 Å². The van der Waals surface area contributed by atoms with Crippen molar-refractivity contribution >= 4 is 65.8 Å². The lowest BCUT2D eigenvalue weighted by atomic mass is 9.41. The maximum atomic E-state index is 15.4. The Bertz CT molecular complexity index is 2700. The number of ether oxygens (including phenoxy) is 9. The fraction of sp³-hybridized carbons (Fsp3) is 0.810. The number of fused-ring (bicyclic) bond motifs is 33. The molecule has 0 aromatic carbocycles. The third kappa shape index (κ3) is 8.07. The second-order valence-electron chi connectivity index (χ2n) is 28.0. The topological polar surface area (TPSA) is 334 Å². The van der Waals surface area contributed by atoms with E-state index in [1.165, 1.54) is 28.4 Å². The van der Waals surface area contributed by atoms with Crippen LogP contribution in [0, 0.1) is 107 Å². The van der Waals surface area contributed by atoms with E-state index in [4.69, 9.17) is 42.6 Å². The van der Waals surface area contributed by atoms with Gasteiger partial charge in [-0.3, -0.25) is 24.1 Å². The van der Waals surface area contributed by atoms with Crippen LogP contribution >= 0.6 is 0 Å². The molecule has 11 rings (SSSR count). The van der Waals surface area contributed by atoms with Crippen molar-refractivity contribution in [3.05, 3.63) is 0 Å². The van der Waals surface area contributed by atoms with E-state index in [1.807, 2.05) is 0 Å². The van der Waals surface area contributed by atoms with E-state index in [2.05, 4.69) is 26.6 Å². The highest BCUT2D eigenvalue weighted by Crippen LogP contribution is 2.88. The standard InChI is InChI=1S/C58H80N6O20/c1-52(2,3)80-49(73)61-16-14-59-41(65)29-23-20-24(30(29)42(66)60-15-17-62-50(74)81-53(4,5)6)34-33(23)55(45(69)76-10)37-27-22-28(38(37)56(34,83-55)46(70)77-11)40-39(27)57(47(71)78-12)35-25-21-26(36(35)58(40,84-57)48(72)79-13)32-31(25)43(67)64(44(32)68)19-18-63-51(75)82-54(7,8)9/h23-40H,14-22H2,1-13H3,(H,59,65)(H,60,66)(H,61,73)(H,62,74)(H,63,75)/t23-,24+,25+,26-,27-,28+,29-,30+,31+,32-,33-,34+,35+,36-,37+,38-,39-,40+,55-,56+,57+,58-. The third-order valence-electron chi connectivity index (χ3n) is 21.0. The molecule has 10 bridgehead atoms. The molecular weight excluding hydrogens is 1100 g/mol. The highest BCUT2D eigenvalue weighted by molar-refractivity contribution is 6.07. The fourth-order valence-electron chi connectivity index (χ4n) is 20.0. The first-order valence-corrected chi connectivity index (χ1v) is 29.4. The summed E-state index contributed by atoms with van der Waals surface area (Å²) in [5.41, 5.74) is -10.3. The summed E-state index contributed by atoms with van der Waals surface area (Å²) < 4.78 is 53.7. The number of carbonyl (C=O) groups excluding carboxylic acids is 11. The summed E-state index contributed by atoms with van der Waals surface area (Å²) in [6, 6.07) is 0. The normalized spacial score (nSPS) is 41.4.